The molecule has 1 aromatic rings. The molecule has 31 heavy (non-hydrogen) atoms. The fourth-order valence-electron chi connectivity index (χ4n) is 3.08. The molecule has 1 aromatic heterocycles. The highest BCUT2D eigenvalue weighted by Gasteiger charge is 2.30. The number of nitrogens with one attached hydrogen (secondary N) is 1. The first-order valence-corrected chi connectivity index (χ1v) is 10.4. The highest BCUT2D eigenvalue weighted by Crippen LogP contribution is 2.24. The number of hydrogen-bond acceptors (Lipinski definition) is 8. The number of pyridine rings is 1. The van der Waals surface area contributed by atoms with Crippen molar-refractivity contribution in [3.8, 4) is 0 Å². The van der Waals surface area contributed by atoms with Crippen LogP contribution >= 0.6 is 0 Å². The third-order valence-corrected chi connectivity index (χ3v) is 4.51. The summed E-state index contributed by atoms with van der Waals surface area (Å²) in [6.45, 7) is 12.4. The van der Waals surface area contributed by atoms with Gasteiger partial charge >= 0.3 is 17.9 Å². The molecule has 10 nitrogen and oxygen atoms in total. The number of nitrogens with zero attached hydrogens (tertiary/aromatic N) is 3. The molecule has 1 saturated heterocycles. The minimum Gasteiger partial charge on any atom is -0.454 e. The number of amides is 1. The highest BCUT2D eigenvalue weighted by molar-refractivity contribution is 5.94. The molecule has 1 N–H and O–H groups in total. The molecule has 172 valence electrons. The number of carbonyl (C=O) groups excluding carboxylic acids is 2. The van der Waals surface area contributed by atoms with Crippen LogP contribution in [0.25, 0.3) is 0 Å². The molecule has 0 spiro atoms. The van der Waals surface area contributed by atoms with E-state index in [1.807, 2.05) is 20.8 Å². The lowest BCUT2D eigenvalue weighted by atomic mass is 9.97. The van der Waals surface area contributed by atoms with Crippen LogP contribution in [0.1, 0.15) is 64.9 Å². The van der Waals surface area contributed by atoms with Gasteiger partial charge in [0.25, 0.3) is 5.69 Å². The number of anilines is 1. The van der Waals surface area contributed by atoms with Crippen LogP contribution in [0.2, 0.25) is 0 Å². The first kappa shape index (κ1) is 24.4. The SMILES string of the molecule is CC(C)(C)OC(=O)c1nc([N+](=O)[O-])ccc1NCC1CCN(C(=O)OC(C)(C)C)CC1. The van der Waals surface area contributed by atoms with Crippen LogP contribution in [0.5, 0.6) is 0 Å². The van der Waals surface area contributed by atoms with E-state index in [0.29, 0.717) is 25.3 Å². The quantitative estimate of drug-likeness (QED) is 0.417. The normalized spacial score (nSPS) is 15.4. The zero-order valence-electron chi connectivity index (χ0n) is 19.1. The van der Waals surface area contributed by atoms with Crippen molar-refractivity contribution in [3.05, 3.63) is 27.9 Å². The zero-order chi connectivity index (χ0) is 23.4. The number of nitro groups is 1. The van der Waals surface area contributed by atoms with E-state index in [9.17, 15) is 19.7 Å². The Bertz CT molecular complexity index is 820. The van der Waals surface area contributed by atoms with Gasteiger partial charge in [-0.3, -0.25) is 0 Å². The maximum absolute atomic E-state index is 12.5. The monoisotopic (exact) mass is 436 g/mol. The third kappa shape index (κ3) is 7.69. The highest BCUT2D eigenvalue weighted by atomic mass is 16.6. The van der Waals surface area contributed by atoms with E-state index in [2.05, 4.69) is 10.3 Å². The molecule has 0 radical (unpaired) electrons. The molecule has 0 bridgehead atoms. The number of aromatic nitrogens is 1. The lowest BCUT2D eigenvalue weighted by Gasteiger charge is -2.33. The molecule has 0 aliphatic carbocycles. The number of carbonyl (C=O) groups is 2. The molecular weight excluding hydrogens is 404 g/mol. The van der Waals surface area contributed by atoms with Gasteiger partial charge in [0.15, 0.2) is 0 Å². The van der Waals surface area contributed by atoms with E-state index in [4.69, 9.17) is 9.47 Å². The first-order valence-electron chi connectivity index (χ1n) is 10.4. The van der Waals surface area contributed by atoms with Crippen LogP contribution in [0, 0.1) is 16.0 Å². The second-order valence-corrected chi connectivity index (χ2v) is 9.62. The van der Waals surface area contributed by atoms with Gasteiger partial charge in [-0.1, -0.05) is 0 Å². The molecule has 0 atom stereocenters. The van der Waals surface area contributed by atoms with Crippen molar-refractivity contribution in [1.82, 2.24) is 9.88 Å². The fourth-order valence-corrected chi connectivity index (χ4v) is 3.08. The third-order valence-electron chi connectivity index (χ3n) is 4.51. The van der Waals surface area contributed by atoms with Crippen molar-refractivity contribution in [2.24, 2.45) is 5.92 Å². The van der Waals surface area contributed by atoms with Crippen LogP contribution in [0.4, 0.5) is 16.3 Å². The molecule has 1 amide bonds. The lowest BCUT2D eigenvalue weighted by Crippen LogP contribution is -2.42. The summed E-state index contributed by atoms with van der Waals surface area (Å²) in [7, 11) is 0. The molecule has 1 fully saturated rings. The predicted molar refractivity (Wildman–Crippen MR) is 115 cm³/mol. The molecule has 10 heteroatoms. The molecule has 2 rings (SSSR count). The Hall–Kier alpha value is -2.91. The summed E-state index contributed by atoms with van der Waals surface area (Å²) in [5.74, 6) is -0.879. The number of esters is 1. The minimum atomic E-state index is -0.755. The number of likely N-dealkylation sites (tertiary alicyclic amines) is 1. The molecule has 1 aliphatic rings. The van der Waals surface area contributed by atoms with Gasteiger partial charge in [-0.25, -0.2) is 9.59 Å². The summed E-state index contributed by atoms with van der Waals surface area (Å²) >= 11 is 0. The Morgan fingerprint density at radius 3 is 2.23 bits per heavy atom. The van der Waals surface area contributed by atoms with Gasteiger partial charge in [-0.2, -0.15) is 0 Å². The van der Waals surface area contributed by atoms with Gasteiger partial charge in [0.05, 0.1) is 5.69 Å². The van der Waals surface area contributed by atoms with Crippen molar-refractivity contribution in [2.45, 2.75) is 65.6 Å². The standard InChI is InChI=1S/C21H32N4O6/c1-20(2,3)30-18(26)17-15(7-8-16(23-17)25(28)29)22-13-14-9-11-24(12-10-14)19(27)31-21(4,5)6/h7-8,14,22H,9-13H2,1-6H3. The number of rotatable bonds is 5. The number of piperidine rings is 1. The van der Waals surface area contributed by atoms with Crippen LogP contribution in [0.15, 0.2) is 12.1 Å². The van der Waals surface area contributed by atoms with Gasteiger partial charge in [0, 0.05) is 25.7 Å². The Balaban J connectivity index is 2.01. The molecule has 2 heterocycles. The summed E-state index contributed by atoms with van der Waals surface area (Å²) in [4.78, 5) is 40.7. The van der Waals surface area contributed by atoms with Crippen LogP contribution in [-0.4, -0.2) is 57.7 Å². The van der Waals surface area contributed by atoms with Crippen molar-refractivity contribution < 1.29 is 24.0 Å². The Labute approximate surface area is 182 Å². The van der Waals surface area contributed by atoms with Gasteiger partial charge in [0.1, 0.15) is 11.2 Å². The maximum atomic E-state index is 12.5. The Kier molecular flexibility index (Phi) is 7.45. The molecule has 0 aromatic carbocycles. The fraction of sp³-hybridized carbons (Fsp3) is 0.667. The van der Waals surface area contributed by atoms with Gasteiger partial charge in [0.2, 0.25) is 0 Å². The molecular formula is C21H32N4O6. The van der Waals surface area contributed by atoms with E-state index in [0.717, 1.165) is 12.8 Å². The lowest BCUT2D eigenvalue weighted by molar-refractivity contribution is -0.389. The Morgan fingerprint density at radius 1 is 1.13 bits per heavy atom. The van der Waals surface area contributed by atoms with Crippen molar-refractivity contribution >= 4 is 23.6 Å². The van der Waals surface area contributed by atoms with E-state index >= 15 is 0 Å². The summed E-state index contributed by atoms with van der Waals surface area (Å²) < 4.78 is 10.8. The summed E-state index contributed by atoms with van der Waals surface area (Å²) in [6, 6.07) is 2.72. The summed E-state index contributed by atoms with van der Waals surface area (Å²) in [5, 5.41) is 14.3. The average molecular weight is 437 g/mol. The van der Waals surface area contributed by atoms with E-state index in [-0.39, 0.29) is 17.7 Å². The molecule has 0 saturated carbocycles. The molecule has 1 aliphatic heterocycles. The van der Waals surface area contributed by atoms with E-state index in [1.165, 1.54) is 12.1 Å². The number of hydrogen-bond donors (Lipinski definition) is 1. The van der Waals surface area contributed by atoms with Crippen molar-refractivity contribution in [2.75, 3.05) is 25.0 Å². The van der Waals surface area contributed by atoms with E-state index in [1.54, 1.807) is 25.7 Å². The summed E-state index contributed by atoms with van der Waals surface area (Å²) in [6.07, 6.45) is 1.23. The van der Waals surface area contributed by atoms with Crippen molar-refractivity contribution in [1.29, 1.82) is 0 Å². The second kappa shape index (κ2) is 9.49. The molecule has 0 unspecified atom stereocenters. The minimum absolute atomic E-state index is 0.115. The maximum Gasteiger partial charge on any atom is 0.410 e. The predicted octanol–water partition coefficient (Wildman–Crippen LogP) is 4.00. The van der Waals surface area contributed by atoms with Crippen LogP contribution in [-0.2, 0) is 9.47 Å². The van der Waals surface area contributed by atoms with E-state index < -0.39 is 27.9 Å². The summed E-state index contributed by atoms with van der Waals surface area (Å²) in [5.41, 5.74) is -1.02. The topological polar surface area (TPSA) is 124 Å². The van der Waals surface area contributed by atoms with Crippen molar-refractivity contribution in [3.63, 3.8) is 0 Å². The largest absolute Gasteiger partial charge is 0.454 e. The van der Waals surface area contributed by atoms with Gasteiger partial charge < -0.3 is 29.8 Å². The van der Waals surface area contributed by atoms with Crippen LogP contribution < -0.4 is 5.32 Å². The first-order chi connectivity index (χ1) is 14.2. The second-order valence-electron chi connectivity index (χ2n) is 9.62. The number of ether oxygens (including phenoxy) is 2. The average Bonchev–Trinajstić information content (AvgIpc) is 2.63. The Morgan fingerprint density at radius 2 is 1.71 bits per heavy atom. The smallest absolute Gasteiger partial charge is 0.410 e. The zero-order valence-corrected chi connectivity index (χ0v) is 19.1. The van der Waals surface area contributed by atoms with Gasteiger partial charge in [-0.15, -0.1) is 0 Å². The van der Waals surface area contributed by atoms with Gasteiger partial charge in [-0.05, 0) is 76.3 Å². The van der Waals surface area contributed by atoms with Crippen LogP contribution in [0.3, 0.4) is 0 Å².